The van der Waals surface area contributed by atoms with Crippen LogP contribution in [0.4, 0.5) is 5.69 Å². The maximum atomic E-state index is 5.68. The summed E-state index contributed by atoms with van der Waals surface area (Å²) in [6.45, 7) is 9.18. The van der Waals surface area contributed by atoms with E-state index in [2.05, 4.69) is 27.5 Å². The highest BCUT2D eigenvalue weighted by Gasteiger charge is 2.11. The molecule has 0 saturated carbocycles. The number of nitrogens with zero attached hydrogens (tertiary/aromatic N) is 1. The number of rotatable bonds is 9. The van der Waals surface area contributed by atoms with Gasteiger partial charge in [-0.3, -0.25) is 4.99 Å². The van der Waals surface area contributed by atoms with Crippen molar-refractivity contribution >= 4 is 27.8 Å². The molecule has 0 unspecified atom stereocenters. The Morgan fingerprint density at radius 1 is 1.04 bits per heavy atom. The van der Waals surface area contributed by atoms with Gasteiger partial charge < -0.3 is 14.2 Å². The van der Waals surface area contributed by atoms with Crippen LogP contribution in [0.5, 0.6) is 17.2 Å². The predicted octanol–water partition coefficient (Wildman–Crippen LogP) is 5.56. The van der Waals surface area contributed by atoms with Gasteiger partial charge in [0.25, 0.3) is 0 Å². The standard InChI is InChI=1S/C20H22BrNO3/c1-4-11-25-20-18(21)12-15(13-19(20)24-6-3)14-22-16-7-9-17(10-8-16)23-5-2/h4,7-10,12-14H,1,5-6,11H2,2-3H3. The smallest absolute Gasteiger partial charge is 0.175 e. The van der Waals surface area contributed by atoms with Crippen molar-refractivity contribution in [2.75, 3.05) is 19.8 Å². The molecule has 0 aromatic heterocycles. The molecule has 0 aliphatic carbocycles. The van der Waals surface area contributed by atoms with Crippen LogP contribution < -0.4 is 14.2 Å². The molecule has 0 aliphatic heterocycles. The van der Waals surface area contributed by atoms with Crippen molar-refractivity contribution in [2.24, 2.45) is 4.99 Å². The zero-order valence-corrected chi connectivity index (χ0v) is 16.1. The quantitative estimate of drug-likeness (QED) is 0.406. The van der Waals surface area contributed by atoms with Gasteiger partial charge in [0.2, 0.25) is 0 Å². The largest absolute Gasteiger partial charge is 0.494 e. The lowest BCUT2D eigenvalue weighted by Crippen LogP contribution is -2.00. The van der Waals surface area contributed by atoms with Crippen LogP contribution >= 0.6 is 15.9 Å². The minimum Gasteiger partial charge on any atom is -0.494 e. The summed E-state index contributed by atoms with van der Waals surface area (Å²) >= 11 is 3.53. The van der Waals surface area contributed by atoms with E-state index in [0.717, 1.165) is 21.5 Å². The van der Waals surface area contributed by atoms with Crippen molar-refractivity contribution in [3.63, 3.8) is 0 Å². The lowest BCUT2D eigenvalue weighted by molar-refractivity contribution is 0.295. The van der Waals surface area contributed by atoms with Crippen LogP contribution in [0.15, 0.2) is 58.5 Å². The van der Waals surface area contributed by atoms with Crippen LogP contribution in [0.25, 0.3) is 0 Å². The van der Waals surface area contributed by atoms with E-state index in [4.69, 9.17) is 14.2 Å². The molecule has 0 spiro atoms. The third-order valence-corrected chi connectivity index (χ3v) is 3.78. The summed E-state index contributed by atoms with van der Waals surface area (Å²) in [7, 11) is 0. The number of halogens is 1. The Bertz CT molecular complexity index is 726. The van der Waals surface area contributed by atoms with Crippen molar-refractivity contribution < 1.29 is 14.2 Å². The van der Waals surface area contributed by atoms with Crippen molar-refractivity contribution in [3.05, 3.63) is 59.1 Å². The van der Waals surface area contributed by atoms with E-state index in [9.17, 15) is 0 Å². The van der Waals surface area contributed by atoms with Gasteiger partial charge in [-0.2, -0.15) is 0 Å². The van der Waals surface area contributed by atoms with Crippen LogP contribution in [-0.4, -0.2) is 26.0 Å². The molecule has 0 saturated heterocycles. The van der Waals surface area contributed by atoms with Crippen LogP contribution in [0.3, 0.4) is 0 Å². The zero-order chi connectivity index (χ0) is 18.1. The third kappa shape index (κ3) is 5.64. The number of hydrogen-bond acceptors (Lipinski definition) is 4. The summed E-state index contributed by atoms with van der Waals surface area (Å²) in [4.78, 5) is 4.50. The van der Waals surface area contributed by atoms with Gasteiger partial charge in [-0.1, -0.05) is 12.7 Å². The lowest BCUT2D eigenvalue weighted by Gasteiger charge is -2.13. The van der Waals surface area contributed by atoms with E-state index in [-0.39, 0.29) is 0 Å². The van der Waals surface area contributed by atoms with E-state index in [1.807, 2.05) is 50.2 Å². The number of benzene rings is 2. The number of ether oxygens (including phenoxy) is 3. The summed E-state index contributed by atoms with van der Waals surface area (Å²) in [6, 6.07) is 11.5. The molecule has 5 heteroatoms. The van der Waals surface area contributed by atoms with E-state index in [1.54, 1.807) is 12.3 Å². The first-order valence-electron chi connectivity index (χ1n) is 8.14. The summed E-state index contributed by atoms with van der Waals surface area (Å²) in [5.41, 5.74) is 1.76. The topological polar surface area (TPSA) is 40.0 Å². The molecule has 132 valence electrons. The molecule has 25 heavy (non-hydrogen) atoms. The molecule has 2 rings (SSSR count). The fourth-order valence-electron chi connectivity index (χ4n) is 2.15. The Morgan fingerprint density at radius 2 is 1.76 bits per heavy atom. The lowest BCUT2D eigenvalue weighted by atomic mass is 10.2. The molecule has 2 aromatic carbocycles. The summed E-state index contributed by atoms with van der Waals surface area (Å²) in [5.74, 6) is 2.18. The molecule has 0 aliphatic rings. The second-order valence-electron chi connectivity index (χ2n) is 5.05. The minimum absolute atomic E-state index is 0.415. The van der Waals surface area contributed by atoms with E-state index in [1.165, 1.54) is 0 Å². The second-order valence-corrected chi connectivity index (χ2v) is 5.90. The second kappa shape index (κ2) is 9.89. The Labute approximate surface area is 157 Å². The summed E-state index contributed by atoms with van der Waals surface area (Å²) < 4.78 is 17.6. The molecule has 0 radical (unpaired) electrons. The van der Waals surface area contributed by atoms with Crippen molar-refractivity contribution in [2.45, 2.75) is 13.8 Å². The average molecular weight is 404 g/mol. The van der Waals surface area contributed by atoms with Crippen molar-refractivity contribution in [1.29, 1.82) is 0 Å². The van der Waals surface area contributed by atoms with Gasteiger partial charge >= 0.3 is 0 Å². The van der Waals surface area contributed by atoms with Gasteiger partial charge in [0, 0.05) is 6.21 Å². The number of aliphatic imine (C=N–C) groups is 1. The van der Waals surface area contributed by atoms with Gasteiger partial charge in [0.1, 0.15) is 12.4 Å². The highest BCUT2D eigenvalue weighted by atomic mass is 79.9. The summed E-state index contributed by atoms with van der Waals surface area (Å²) in [5, 5.41) is 0. The Kier molecular flexibility index (Phi) is 7.54. The fourth-order valence-corrected chi connectivity index (χ4v) is 2.73. The normalized spacial score (nSPS) is 10.7. The zero-order valence-electron chi connectivity index (χ0n) is 14.5. The molecule has 0 N–H and O–H groups in total. The highest BCUT2D eigenvalue weighted by Crippen LogP contribution is 2.36. The van der Waals surface area contributed by atoms with Gasteiger partial charge in [-0.25, -0.2) is 0 Å². The molecule has 0 bridgehead atoms. The maximum absolute atomic E-state index is 5.68. The average Bonchev–Trinajstić information content (AvgIpc) is 2.61. The first kappa shape index (κ1) is 19.1. The molecule has 2 aromatic rings. The van der Waals surface area contributed by atoms with Crippen LogP contribution in [-0.2, 0) is 0 Å². The molecule has 0 heterocycles. The van der Waals surface area contributed by atoms with Crippen molar-refractivity contribution in [3.8, 4) is 17.2 Å². The predicted molar refractivity (Wildman–Crippen MR) is 106 cm³/mol. The number of hydrogen-bond donors (Lipinski definition) is 0. The van der Waals surface area contributed by atoms with Crippen LogP contribution in [0.1, 0.15) is 19.4 Å². The summed E-state index contributed by atoms with van der Waals surface area (Å²) in [6.07, 6.45) is 3.49. The van der Waals surface area contributed by atoms with Gasteiger partial charge in [0.05, 0.1) is 23.4 Å². The van der Waals surface area contributed by atoms with Gasteiger partial charge in [-0.15, -0.1) is 0 Å². The Balaban J connectivity index is 2.21. The van der Waals surface area contributed by atoms with Crippen LogP contribution in [0.2, 0.25) is 0 Å². The molecule has 0 fully saturated rings. The fraction of sp³-hybridized carbons (Fsp3) is 0.250. The molecule has 0 amide bonds. The van der Waals surface area contributed by atoms with Gasteiger partial charge in [-0.05, 0) is 71.7 Å². The molecule has 0 atom stereocenters. The molecular formula is C20H22BrNO3. The Hall–Kier alpha value is -2.27. The molecular weight excluding hydrogens is 382 g/mol. The van der Waals surface area contributed by atoms with E-state index in [0.29, 0.717) is 31.3 Å². The highest BCUT2D eigenvalue weighted by molar-refractivity contribution is 9.10. The first-order valence-corrected chi connectivity index (χ1v) is 8.94. The SMILES string of the molecule is C=CCOc1c(Br)cc(C=Nc2ccc(OCC)cc2)cc1OCC. The maximum Gasteiger partial charge on any atom is 0.175 e. The third-order valence-electron chi connectivity index (χ3n) is 3.19. The minimum atomic E-state index is 0.415. The van der Waals surface area contributed by atoms with E-state index >= 15 is 0 Å². The van der Waals surface area contributed by atoms with E-state index < -0.39 is 0 Å². The monoisotopic (exact) mass is 403 g/mol. The van der Waals surface area contributed by atoms with Gasteiger partial charge in [0.15, 0.2) is 11.5 Å². The molecule has 4 nitrogen and oxygen atoms in total. The first-order chi connectivity index (χ1) is 12.2. The Morgan fingerprint density at radius 3 is 2.40 bits per heavy atom. The van der Waals surface area contributed by atoms with Crippen molar-refractivity contribution in [1.82, 2.24) is 0 Å². The van der Waals surface area contributed by atoms with Crippen LogP contribution in [0, 0.1) is 0 Å².